The molecular weight excluding hydrogens is 224 g/mol. The van der Waals surface area contributed by atoms with E-state index in [9.17, 15) is 5.11 Å². The summed E-state index contributed by atoms with van der Waals surface area (Å²) in [4.78, 5) is 7.88. The number of rotatable bonds is 2. The number of aliphatic hydroxyl groups excluding tert-OH is 1. The summed E-state index contributed by atoms with van der Waals surface area (Å²) in [6, 6.07) is 13.9. The second-order valence-electron chi connectivity index (χ2n) is 4.14. The van der Waals surface area contributed by atoms with Gasteiger partial charge in [-0.05, 0) is 16.3 Å². The topological polar surface area (TPSA) is 46.0 Å². The molecule has 0 bridgehead atoms. The molecule has 0 fully saturated rings. The molecule has 18 heavy (non-hydrogen) atoms. The van der Waals surface area contributed by atoms with Crippen molar-refractivity contribution in [3.05, 3.63) is 72.3 Å². The predicted molar refractivity (Wildman–Crippen MR) is 70.0 cm³/mol. The maximum Gasteiger partial charge on any atom is 0.115 e. The molecule has 0 saturated heterocycles. The molecule has 3 heteroatoms. The number of aliphatic hydroxyl groups is 1. The van der Waals surface area contributed by atoms with Gasteiger partial charge in [0, 0.05) is 18.0 Å². The molecule has 1 N–H and O–H groups in total. The minimum atomic E-state index is -0.697. The molecule has 1 aromatic heterocycles. The van der Waals surface area contributed by atoms with Crippen LogP contribution in [0.1, 0.15) is 17.2 Å². The summed E-state index contributed by atoms with van der Waals surface area (Å²) in [5.74, 6) is 0. The first-order valence-corrected chi connectivity index (χ1v) is 5.77. The van der Waals surface area contributed by atoms with Crippen LogP contribution < -0.4 is 0 Å². The highest BCUT2D eigenvalue weighted by Gasteiger charge is 2.13. The third-order valence-corrected chi connectivity index (χ3v) is 3.01. The maximum absolute atomic E-state index is 10.4. The first kappa shape index (κ1) is 10.9. The van der Waals surface area contributed by atoms with Gasteiger partial charge in [0.1, 0.15) is 12.4 Å². The Morgan fingerprint density at radius 1 is 0.889 bits per heavy atom. The van der Waals surface area contributed by atoms with E-state index in [0.29, 0.717) is 5.56 Å². The molecule has 0 aliphatic rings. The van der Waals surface area contributed by atoms with Crippen molar-refractivity contribution in [1.82, 2.24) is 9.97 Å². The molecule has 2 aromatic carbocycles. The summed E-state index contributed by atoms with van der Waals surface area (Å²) in [7, 11) is 0. The summed E-state index contributed by atoms with van der Waals surface area (Å²) in [5, 5.41) is 12.6. The molecule has 0 radical (unpaired) electrons. The van der Waals surface area contributed by atoms with Crippen LogP contribution in [0.3, 0.4) is 0 Å². The van der Waals surface area contributed by atoms with E-state index in [0.717, 1.165) is 16.3 Å². The minimum Gasteiger partial charge on any atom is -0.384 e. The van der Waals surface area contributed by atoms with Crippen LogP contribution in [-0.4, -0.2) is 15.1 Å². The van der Waals surface area contributed by atoms with Crippen LogP contribution in [0.4, 0.5) is 0 Å². The van der Waals surface area contributed by atoms with Crippen LogP contribution in [-0.2, 0) is 0 Å². The van der Waals surface area contributed by atoms with E-state index in [4.69, 9.17) is 0 Å². The summed E-state index contributed by atoms with van der Waals surface area (Å²) < 4.78 is 0. The maximum atomic E-state index is 10.4. The SMILES string of the molecule is OC(c1cncnc1)c1cccc2ccccc12. The summed E-state index contributed by atoms with van der Waals surface area (Å²) in [6.07, 6.45) is 4.04. The van der Waals surface area contributed by atoms with Crippen LogP contribution in [0, 0.1) is 0 Å². The van der Waals surface area contributed by atoms with Crippen molar-refractivity contribution < 1.29 is 5.11 Å². The van der Waals surface area contributed by atoms with Gasteiger partial charge in [-0.15, -0.1) is 0 Å². The Kier molecular flexibility index (Phi) is 2.74. The van der Waals surface area contributed by atoms with Gasteiger partial charge in [-0.2, -0.15) is 0 Å². The largest absolute Gasteiger partial charge is 0.384 e. The quantitative estimate of drug-likeness (QED) is 0.744. The lowest BCUT2D eigenvalue weighted by atomic mass is 9.97. The Hall–Kier alpha value is -2.26. The van der Waals surface area contributed by atoms with E-state index in [1.54, 1.807) is 12.4 Å². The van der Waals surface area contributed by atoms with E-state index < -0.39 is 6.10 Å². The van der Waals surface area contributed by atoms with Gasteiger partial charge in [0.2, 0.25) is 0 Å². The fraction of sp³-hybridized carbons (Fsp3) is 0.0667. The van der Waals surface area contributed by atoms with Gasteiger partial charge in [-0.3, -0.25) is 0 Å². The van der Waals surface area contributed by atoms with Crippen LogP contribution in [0.2, 0.25) is 0 Å². The third kappa shape index (κ3) is 1.85. The summed E-state index contributed by atoms with van der Waals surface area (Å²) in [5.41, 5.74) is 1.58. The van der Waals surface area contributed by atoms with E-state index >= 15 is 0 Å². The van der Waals surface area contributed by atoms with Crippen LogP contribution in [0.5, 0.6) is 0 Å². The van der Waals surface area contributed by atoms with Gasteiger partial charge in [-0.1, -0.05) is 42.5 Å². The van der Waals surface area contributed by atoms with Crippen LogP contribution >= 0.6 is 0 Å². The number of aromatic nitrogens is 2. The van der Waals surface area contributed by atoms with E-state index in [-0.39, 0.29) is 0 Å². The Morgan fingerprint density at radius 2 is 1.61 bits per heavy atom. The molecule has 88 valence electrons. The average Bonchev–Trinajstić information content (AvgIpc) is 2.47. The van der Waals surface area contributed by atoms with Crippen molar-refractivity contribution in [2.24, 2.45) is 0 Å². The van der Waals surface area contributed by atoms with Crippen LogP contribution in [0.15, 0.2) is 61.2 Å². The highest BCUT2D eigenvalue weighted by Crippen LogP contribution is 2.27. The zero-order chi connectivity index (χ0) is 12.4. The Balaban J connectivity index is 2.15. The van der Waals surface area contributed by atoms with E-state index in [1.165, 1.54) is 6.33 Å². The lowest BCUT2D eigenvalue weighted by Gasteiger charge is -2.13. The molecule has 3 rings (SSSR count). The van der Waals surface area contributed by atoms with Gasteiger partial charge < -0.3 is 5.11 Å². The molecular formula is C15H12N2O. The molecule has 3 aromatic rings. The molecule has 0 spiro atoms. The smallest absolute Gasteiger partial charge is 0.115 e. The number of hydrogen-bond acceptors (Lipinski definition) is 3. The monoisotopic (exact) mass is 236 g/mol. The third-order valence-electron chi connectivity index (χ3n) is 3.01. The van der Waals surface area contributed by atoms with Crippen molar-refractivity contribution in [3.8, 4) is 0 Å². The zero-order valence-electron chi connectivity index (χ0n) is 9.69. The van der Waals surface area contributed by atoms with Gasteiger partial charge in [0.15, 0.2) is 0 Å². The minimum absolute atomic E-state index is 0.697. The molecule has 1 unspecified atom stereocenters. The number of hydrogen-bond donors (Lipinski definition) is 1. The lowest BCUT2D eigenvalue weighted by molar-refractivity contribution is 0.221. The van der Waals surface area contributed by atoms with E-state index in [2.05, 4.69) is 9.97 Å². The average molecular weight is 236 g/mol. The number of fused-ring (bicyclic) bond motifs is 1. The second kappa shape index (κ2) is 4.55. The Bertz CT molecular complexity index is 662. The number of benzene rings is 2. The van der Waals surface area contributed by atoms with Crippen molar-refractivity contribution >= 4 is 10.8 Å². The molecule has 0 aliphatic heterocycles. The fourth-order valence-electron chi connectivity index (χ4n) is 2.12. The predicted octanol–water partition coefficient (Wildman–Crippen LogP) is 2.71. The molecule has 0 amide bonds. The second-order valence-corrected chi connectivity index (χ2v) is 4.14. The standard InChI is InChI=1S/C15H12N2O/c18-15(12-8-16-10-17-9-12)14-7-3-5-11-4-1-2-6-13(11)14/h1-10,15,18H. The van der Waals surface area contributed by atoms with Crippen molar-refractivity contribution in [3.63, 3.8) is 0 Å². The summed E-state index contributed by atoms with van der Waals surface area (Å²) in [6.45, 7) is 0. The van der Waals surface area contributed by atoms with Crippen molar-refractivity contribution in [2.75, 3.05) is 0 Å². The fourth-order valence-corrected chi connectivity index (χ4v) is 2.12. The van der Waals surface area contributed by atoms with Crippen molar-refractivity contribution in [2.45, 2.75) is 6.10 Å². The van der Waals surface area contributed by atoms with Gasteiger partial charge in [0.25, 0.3) is 0 Å². The molecule has 0 aliphatic carbocycles. The first-order valence-electron chi connectivity index (χ1n) is 5.77. The number of nitrogens with zero attached hydrogens (tertiary/aromatic N) is 2. The Morgan fingerprint density at radius 3 is 2.44 bits per heavy atom. The molecule has 1 heterocycles. The van der Waals surface area contributed by atoms with Crippen molar-refractivity contribution in [1.29, 1.82) is 0 Å². The highest BCUT2D eigenvalue weighted by atomic mass is 16.3. The summed E-state index contributed by atoms with van der Waals surface area (Å²) >= 11 is 0. The molecule has 1 atom stereocenters. The highest BCUT2D eigenvalue weighted by molar-refractivity contribution is 5.86. The van der Waals surface area contributed by atoms with Gasteiger partial charge >= 0.3 is 0 Å². The zero-order valence-corrected chi connectivity index (χ0v) is 9.69. The van der Waals surface area contributed by atoms with Gasteiger partial charge in [-0.25, -0.2) is 9.97 Å². The first-order chi connectivity index (χ1) is 8.86. The molecule has 0 saturated carbocycles. The van der Waals surface area contributed by atoms with Gasteiger partial charge in [0.05, 0.1) is 0 Å². The van der Waals surface area contributed by atoms with E-state index in [1.807, 2.05) is 42.5 Å². The lowest BCUT2D eigenvalue weighted by Crippen LogP contribution is -2.01. The Labute approximate surface area is 105 Å². The van der Waals surface area contributed by atoms with Crippen LogP contribution in [0.25, 0.3) is 10.8 Å². The normalized spacial score (nSPS) is 12.5. The molecule has 3 nitrogen and oxygen atoms in total.